The molecule has 0 radical (unpaired) electrons. The number of para-hydroxylation sites is 1. The third kappa shape index (κ3) is 3.89. The van der Waals surface area contributed by atoms with Crippen LogP contribution < -0.4 is 10.1 Å². The predicted molar refractivity (Wildman–Crippen MR) is 78.0 cm³/mol. The highest BCUT2D eigenvalue weighted by molar-refractivity contribution is 6.33. The Hall–Kier alpha value is -1.68. The molecule has 0 aliphatic carbocycles. The van der Waals surface area contributed by atoms with Gasteiger partial charge in [0.1, 0.15) is 6.61 Å². The van der Waals surface area contributed by atoms with Gasteiger partial charge in [-0.1, -0.05) is 23.7 Å². The fourth-order valence-electron chi connectivity index (χ4n) is 1.64. The Labute approximate surface area is 118 Å². The molecule has 19 heavy (non-hydrogen) atoms. The van der Waals surface area contributed by atoms with Gasteiger partial charge < -0.3 is 10.1 Å². The average molecular weight is 280 g/mol. The molecule has 2 aromatic rings. The molecule has 0 fully saturated rings. The molecular formula is C14H18ClN3O. The van der Waals surface area contributed by atoms with Crippen molar-refractivity contribution in [2.45, 2.75) is 19.9 Å². The molecule has 0 spiro atoms. The maximum atomic E-state index is 6.04. The summed E-state index contributed by atoms with van der Waals surface area (Å²) in [7, 11) is 0. The molecule has 0 unspecified atom stereocenters. The summed E-state index contributed by atoms with van der Waals surface area (Å²) in [5, 5.41) is 8.16. The summed E-state index contributed by atoms with van der Waals surface area (Å²) in [6.07, 6.45) is 3.63. The highest BCUT2D eigenvalue weighted by atomic mass is 35.5. The molecule has 0 bridgehead atoms. The Morgan fingerprint density at radius 3 is 2.84 bits per heavy atom. The molecule has 1 aromatic carbocycles. The van der Waals surface area contributed by atoms with E-state index in [2.05, 4.69) is 24.3 Å². The van der Waals surface area contributed by atoms with Crippen LogP contribution in [0.15, 0.2) is 36.7 Å². The normalized spacial score (nSPS) is 10.7. The SMILES string of the molecule is CC(C)n1cc(OCCNc2ccccc2Cl)cn1. The summed E-state index contributed by atoms with van der Waals surface area (Å²) in [6.45, 7) is 5.41. The fourth-order valence-corrected chi connectivity index (χ4v) is 1.84. The van der Waals surface area contributed by atoms with Crippen LogP contribution in [0.2, 0.25) is 5.02 Å². The first-order valence-electron chi connectivity index (χ1n) is 6.32. The number of nitrogens with one attached hydrogen (secondary N) is 1. The van der Waals surface area contributed by atoms with Gasteiger partial charge in [-0.15, -0.1) is 0 Å². The molecule has 1 N–H and O–H groups in total. The first kappa shape index (κ1) is 13.7. The molecule has 5 heteroatoms. The van der Waals surface area contributed by atoms with Crippen molar-refractivity contribution in [1.29, 1.82) is 0 Å². The Balaban J connectivity index is 1.76. The van der Waals surface area contributed by atoms with Crippen LogP contribution in [-0.2, 0) is 0 Å². The average Bonchev–Trinajstić information content (AvgIpc) is 2.85. The zero-order valence-corrected chi connectivity index (χ0v) is 11.9. The monoisotopic (exact) mass is 279 g/mol. The highest BCUT2D eigenvalue weighted by Gasteiger charge is 2.02. The summed E-state index contributed by atoms with van der Waals surface area (Å²) in [5.74, 6) is 0.787. The van der Waals surface area contributed by atoms with Crippen molar-refractivity contribution >= 4 is 17.3 Å². The van der Waals surface area contributed by atoms with Gasteiger partial charge in [-0.2, -0.15) is 5.10 Å². The van der Waals surface area contributed by atoms with Crippen LogP contribution in [0.1, 0.15) is 19.9 Å². The van der Waals surface area contributed by atoms with E-state index < -0.39 is 0 Å². The van der Waals surface area contributed by atoms with E-state index in [1.807, 2.05) is 35.1 Å². The number of nitrogens with zero attached hydrogens (tertiary/aromatic N) is 2. The second-order valence-corrected chi connectivity index (χ2v) is 4.91. The molecule has 0 aliphatic heterocycles. The van der Waals surface area contributed by atoms with Gasteiger partial charge in [0.2, 0.25) is 0 Å². The zero-order chi connectivity index (χ0) is 13.7. The van der Waals surface area contributed by atoms with Crippen LogP contribution in [-0.4, -0.2) is 22.9 Å². The van der Waals surface area contributed by atoms with Crippen molar-refractivity contribution in [3.05, 3.63) is 41.7 Å². The fraction of sp³-hybridized carbons (Fsp3) is 0.357. The summed E-state index contributed by atoms with van der Waals surface area (Å²) in [5.41, 5.74) is 0.922. The van der Waals surface area contributed by atoms with Crippen LogP contribution in [0.3, 0.4) is 0 Å². The lowest BCUT2D eigenvalue weighted by atomic mass is 10.3. The van der Waals surface area contributed by atoms with Crippen molar-refractivity contribution in [2.24, 2.45) is 0 Å². The number of benzene rings is 1. The number of halogens is 1. The summed E-state index contributed by atoms with van der Waals surface area (Å²) < 4.78 is 7.48. The second-order valence-electron chi connectivity index (χ2n) is 4.50. The quantitative estimate of drug-likeness (QED) is 0.821. The Bertz CT molecular complexity index is 525. The standard InChI is InChI=1S/C14H18ClN3O/c1-11(2)18-10-12(9-17-18)19-8-7-16-14-6-4-3-5-13(14)15/h3-6,9-11,16H,7-8H2,1-2H3. The number of anilines is 1. The lowest BCUT2D eigenvalue weighted by molar-refractivity contribution is 0.332. The Morgan fingerprint density at radius 1 is 1.37 bits per heavy atom. The summed E-state index contributed by atoms with van der Waals surface area (Å²) >= 11 is 6.04. The number of ether oxygens (including phenoxy) is 1. The van der Waals surface area contributed by atoms with Gasteiger partial charge in [-0.25, -0.2) is 0 Å². The van der Waals surface area contributed by atoms with Crippen molar-refractivity contribution < 1.29 is 4.74 Å². The van der Waals surface area contributed by atoms with E-state index in [0.29, 0.717) is 19.2 Å². The Kier molecular flexibility index (Phi) is 4.68. The second kappa shape index (κ2) is 6.48. The van der Waals surface area contributed by atoms with Gasteiger partial charge >= 0.3 is 0 Å². The summed E-state index contributed by atoms with van der Waals surface area (Å²) in [6, 6.07) is 8.00. The smallest absolute Gasteiger partial charge is 0.157 e. The van der Waals surface area contributed by atoms with Crippen LogP contribution in [0.25, 0.3) is 0 Å². The zero-order valence-electron chi connectivity index (χ0n) is 11.1. The topological polar surface area (TPSA) is 39.1 Å². The molecule has 0 saturated carbocycles. The van der Waals surface area contributed by atoms with Crippen LogP contribution in [0.5, 0.6) is 5.75 Å². The summed E-state index contributed by atoms with van der Waals surface area (Å²) in [4.78, 5) is 0. The third-order valence-corrected chi connectivity index (χ3v) is 3.00. The van der Waals surface area contributed by atoms with E-state index in [0.717, 1.165) is 16.5 Å². The molecule has 1 aromatic heterocycles. The third-order valence-electron chi connectivity index (χ3n) is 2.67. The highest BCUT2D eigenvalue weighted by Crippen LogP contribution is 2.20. The van der Waals surface area contributed by atoms with E-state index in [9.17, 15) is 0 Å². The van der Waals surface area contributed by atoms with E-state index in [1.165, 1.54) is 0 Å². The predicted octanol–water partition coefficient (Wildman–Crippen LogP) is 3.61. The van der Waals surface area contributed by atoms with Crippen LogP contribution in [0.4, 0.5) is 5.69 Å². The number of hydrogen-bond donors (Lipinski definition) is 1. The van der Waals surface area contributed by atoms with Gasteiger partial charge in [-0.3, -0.25) is 4.68 Å². The van der Waals surface area contributed by atoms with Gasteiger partial charge in [0.05, 0.1) is 23.1 Å². The van der Waals surface area contributed by atoms with Crippen molar-refractivity contribution in [3.63, 3.8) is 0 Å². The molecule has 2 rings (SSSR count). The number of aromatic nitrogens is 2. The van der Waals surface area contributed by atoms with E-state index in [-0.39, 0.29) is 0 Å². The molecule has 4 nitrogen and oxygen atoms in total. The van der Waals surface area contributed by atoms with Crippen LogP contribution >= 0.6 is 11.6 Å². The first-order valence-corrected chi connectivity index (χ1v) is 6.70. The van der Waals surface area contributed by atoms with Crippen molar-refractivity contribution in [2.75, 3.05) is 18.5 Å². The number of rotatable bonds is 6. The van der Waals surface area contributed by atoms with Crippen molar-refractivity contribution in [1.82, 2.24) is 9.78 Å². The van der Waals surface area contributed by atoms with E-state index >= 15 is 0 Å². The molecular weight excluding hydrogens is 262 g/mol. The van der Waals surface area contributed by atoms with E-state index in [4.69, 9.17) is 16.3 Å². The minimum absolute atomic E-state index is 0.346. The molecule has 0 aliphatic rings. The van der Waals surface area contributed by atoms with Gasteiger partial charge in [0.25, 0.3) is 0 Å². The molecule has 0 atom stereocenters. The van der Waals surface area contributed by atoms with Gasteiger partial charge in [0.15, 0.2) is 5.75 Å². The molecule has 1 heterocycles. The minimum Gasteiger partial charge on any atom is -0.488 e. The molecule has 0 amide bonds. The van der Waals surface area contributed by atoms with E-state index in [1.54, 1.807) is 6.20 Å². The molecule has 0 saturated heterocycles. The first-order chi connectivity index (χ1) is 9.16. The number of hydrogen-bond acceptors (Lipinski definition) is 3. The molecule has 102 valence electrons. The Morgan fingerprint density at radius 2 is 2.16 bits per heavy atom. The lowest BCUT2D eigenvalue weighted by Gasteiger charge is -2.08. The van der Waals surface area contributed by atoms with Gasteiger partial charge in [-0.05, 0) is 26.0 Å². The van der Waals surface area contributed by atoms with Crippen LogP contribution in [0, 0.1) is 0 Å². The van der Waals surface area contributed by atoms with Gasteiger partial charge in [0, 0.05) is 12.6 Å². The largest absolute Gasteiger partial charge is 0.488 e. The van der Waals surface area contributed by atoms with Crippen molar-refractivity contribution in [3.8, 4) is 5.75 Å². The minimum atomic E-state index is 0.346. The lowest BCUT2D eigenvalue weighted by Crippen LogP contribution is -2.11. The maximum absolute atomic E-state index is 6.04. The maximum Gasteiger partial charge on any atom is 0.157 e.